The molecule has 8 nitrogen and oxygen atoms in total. The molecule has 4 aliphatic heterocycles. The van der Waals surface area contributed by atoms with Crippen LogP contribution in [-0.2, 0) is 0 Å². The maximum Gasteiger partial charge on any atom is 0.325 e. The number of nitrogens with zero attached hydrogens (tertiary/aromatic N) is 6. The SMILES string of the molecule is CC(C)(C)N1CN2C(=O)N3CN(C(C)(C)C)CN4C(=O)N(C1)C2C34. The molecule has 4 aliphatic rings. The molecular formula is C16H28N6O2. The fourth-order valence-corrected chi connectivity index (χ4v) is 4.01. The van der Waals surface area contributed by atoms with E-state index < -0.39 is 0 Å². The first-order valence-electron chi connectivity index (χ1n) is 8.65. The molecule has 0 spiro atoms. The number of rotatable bonds is 0. The van der Waals surface area contributed by atoms with Gasteiger partial charge in [0.2, 0.25) is 0 Å². The van der Waals surface area contributed by atoms with Crippen LogP contribution in [0.15, 0.2) is 0 Å². The molecule has 0 unspecified atom stereocenters. The highest BCUT2D eigenvalue weighted by molar-refractivity contribution is 5.85. The lowest BCUT2D eigenvalue weighted by Crippen LogP contribution is -2.64. The normalized spacial score (nSPS) is 31.4. The van der Waals surface area contributed by atoms with E-state index in [0.717, 1.165) is 0 Å². The number of hydrogen-bond acceptors (Lipinski definition) is 4. The Labute approximate surface area is 143 Å². The van der Waals surface area contributed by atoms with Crippen LogP contribution in [0.1, 0.15) is 41.5 Å². The highest BCUT2D eigenvalue weighted by atomic mass is 16.2. The summed E-state index contributed by atoms with van der Waals surface area (Å²) in [6.07, 6.45) is -0.295. The Kier molecular flexibility index (Phi) is 3.02. The molecule has 0 N–H and O–H groups in total. The monoisotopic (exact) mass is 336 g/mol. The van der Waals surface area contributed by atoms with Crippen molar-refractivity contribution in [3.63, 3.8) is 0 Å². The topological polar surface area (TPSA) is 53.6 Å². The molecule has 0 saturated carbocycles. The number of hydrogen-bond donors (Lipinski definition) is 0. The van der Waals surface area contributed by atoms with Gasteiger partial charge < -0.3 is 0 Å². The zero-order valence-corrected chi connectivity index (χ0v) is 15.5. The lowest BCUT2D eigenvalue weighted by atomic mass is 10.1. The lowest BCUT2D eigenvalue weighted by Gasteiger charge is -2.48. The van der Waals surface area contributed by atoms with Crippen LogP contribution in [0, 0.1) is 0 Å². The van der Waals surface area contributed by atoms with Crippen LogP contribution in [0.25, 0.3) is 0 Å². The third-order valence-corrected chi connectivity index (χ3v) is 5.72. The van der Waals surface area contributed by atoms with E-state index in [4.69, 9.17) is 0 Å². The van der Waals surface area contributed by atoms with E-state index in [0.29, 0.717) is 26.7 Å². The van der Waals surface area contributed by atoms with Gasteiger partial charge in [0.05, 0.1) is 26.7 Å². The van der Waals surface area contributed by atoms with Gasteiger partial charge in [-0.25, -0.2) is 9.59 Å². The molecule has 0 atom stereocenters. The van der Waals surface area contributed by atoms with Crippen LogP contribution in [0.2, 0.25) is 0 Å². The van der Waals surface area contributed by atoms with Gasteiger partial charge in [0.25, 0.3) is 0 Å². The minimum Gasteiger partial charge on any atom is -0.287 e. The van der Waals surface area contributed by atoms with Gasteiger partial charge in [0.15, 0.2) is 12.3 Å². The third-order valence-electron chi connectivity index (χ3n) is 5.72. The summed E-state index contributed by atoms with van der Waals surface area (Å²) in [7, 11) is 0. The molecule has 4 fully saturated rings. The van der Waals surface area contributed by atoms with Gasteiger partial charge in [-0.3, -0.25) is 29.4 Å². The first-order chi connectivity index (χ1) is 11.0. The van der Waals surface area contributed by atoms with Crippen LogP contribution < -0.4 is 0 Å². The third kappa shape index (κ3) is 1.99. The van der Waals surface area contributed by atoms with Crippen molar-refractivity contribution in [2.75, 3.05) is 26.7 Å². The van der Waals surface area contributed by atoms with E-state index in [2.05, 4.69) is 51.3 Å². The Hall–Kier alpha value is -1.54. The van der Waals surface area contributed by atoms with E-state index >= 15 is 0 Å². The zero-order valence-electron chi connectivity index (χ0n) is 15.5. The van der Waals surface area contributed by atoms with E-state index in [1.807, 2.05) is 19.6 Å². The van der Waals surface area contributed by atoms with Crippen LogP contribution in [0.4, 0.5) is 9.59 Å². The van der Waals surface area contributed by atoms with Crippen molar-refractivity contribution in [3.05, 3.63) is 0 Å². The molecule has 0 radical (unpaired) electrons. The maximum absolute atomic E-state index is 13.0. The van der Waals surface area contributed by atoms with Crippen molar-refractivity contribution in [3.8, 4) is 0 Å². The summed E-state index contributed by atoms with van der Waals surface area (Å²) in [4.78, 5) is 37.9. The highest BCUT2D eigenvalue weighted by Gasteiger charge is 2.64. The molecule has 0 aromatic carbocycles. The maximum atomic E-state index is 13.0. The lowest BCUT2D eigenvalue weighted by molar-refractivity contribution is -0.0633. The Morgan fingerprint density at radius 3 is 1.08 bits per heavy atom. The summed E-state index contributed by atoms with van der Waals surface area (Å²) in [6, 6.07) is 0.0748. The van der Waals surface area contributed by atoms with E-state index in [-0.39, 0.29) is 35.5 Å². The molecule has 0 bridgehead atoms. The molecule has 4 amide bonds. The largest absolute Gasteiger partial charge is 0.325 e. The molecule has 4 rings (SSSR count). The van der Waals surface area contributed by atoms with Crippen LogP contribution in [-0.4, -0.2) is 91.5 Å². The standard InChI is InChI=1S/C16H28N6O2/c1-15(2,3)17-7-19-11-12-21(13(19)23)9-18(16(4,5)6)10-22(12)14(24)20(11)8-17/h11-12H,7-10H2,1-6H3. The molecule has 0 aromatic heterocycles. The quantitative estimate of drug-likeness (QED) is 0.666. The van der Waals surface area contributed by atoms with E-state index in [1.165, 1.54) is 0 Å². The summed E-state index contributed by atoms with van der Waals surface area (Å²) in [5.41, 5.74) is -0.188. The summed E-state index contributed by atoms with van der Waals surface area (Å²) in [6.45, 7) is 15.0. The number of carbonyl (C=O) groups is 2. The van der Waals surface area contributed by atoms with Crippen LogP contribution in [0.3, 0.4) is 0 Å². The fourth-order valence-electron chi connectivity index (χ4n) is 4.01. The molecule has 0 aliphatic carbocycles. The van der Waals surface area contributed by atoms with Gasteiger partial charge in [0, 0.05) is 11.1 Å². The van der Waals surface area contributed by atoms with Crippen molar-refractivity contribution in [1.82, 2.24) is 29.4 Å². The minimum atomic E-state index is -0.147. The summed E-state index contributed by atoms with van der Waals surface area (Å²) in [5.74, 6) is 0. The summed E-state index contributed by atoms with van der Waals surface area (Å²) in [5, 5.41) is 0. The second-order valence-electron chi connectivity index (χ2n) is 9.26. The van der Waals surface area contributed by atoms with Crippen LogP contribution in [0.5, 0.6) is 0 Å². The van der Waals surface area contributed by atoms with Gasteiger partial charge in [-0.15, -0.1) is 0 Å². The number of amides is 4. The molecule has 0 aromatic rings. The molecule has 134 valence electrons. The Morgan fingerprint density at radius 1 is 0.625 bits per heavy atom. The predicted octanol–water partition coefficient (Wildman–Crippen LogP) is 1.17. The van der Waals surface area contributed by atoms with Crippen molar-refractivity contribution >= 4 is 12.1 Å². The van der Waals surface area contributed by atoms with Crippen LogP contribution >= 0.6 is 0 Å². The Morgan fingerprint density at radius 2 is 0.875 bits per heavy atom. The van der Waals surface area contributed by atoms with Gasteiger partial charge in [-0.2, -0.15) is 0 Å². The molecule has 4 saturated heterocycles. The second kappa shape index (κ2) is 4.54. The van der Waals surface area contributed by atoms with Gasteiger partial charge >= 0.3 is 12.1 Å². The van der Waals surface area contributed by atoms with Gasteiger partial charge in [-0.1, -0.05) is 0 Å². The van der Waals surface area contributed by atoms with Crippen molar-refractivity contribution in [2.45, 2.75) is 65.0 Å². The minimum absolute atomic E-state index is 0.0374. The fraction of sp³-hybridized carbons (Fsp3) is 0.875. The molecule has 8 heteroatoms. The number of urea groups is 2. The zero-order chi connectivity index (χ0) is 17.6. The predicted molar refractivity (Wildman–Crippen MR) is 88.4 cm³/mol. The second-order valence-corrected chi connectivity index (χ2v) is 9.26. The Bertz CT molecular complexity index is 510. The average Bonchev–Trinajstić information content (AvgIpc) is 2.92. The van der Waals surface area contributed by atoms with Crippen molar-refractivity contribution in [1.29, 1.82) is 0 Å². The Balaban J connectivity index is 1.70. The van der Waals surface area contributed by atoms with Gasteiger partial charge in [-0.05, 0) is 41.5 Å². The van der Waals surface area contributed by atoms with Crippen molar-refractivity contribution < 1.29 is 9.59 Å². The van der Waals surface area contributed by atoms with Gasteiger partial charge in [0.1, 0.15) is 0 Å². The van der Waals surface area contributed by atoms with E-state index in [9.17, 15) is 9.59 Å². The van der Waals surface area contributed by atoms with E-state index in [1.54, 1.807) is 0 Å². The summed E-state index contributed by atoms with van der Waals surface area (Å²) < 4.78 is 0. The number of carbonyl (C=O) groups excluding carboxylic acids is 2. The molecule has 24 heavy (non-hydrogen) atoms. The van der Waals surface area contributed by atoms with Crippen molar-refractivity contribution in [2.24, 2.45) is 0 Å². The first kappa shape index (κ1) is 16.0. The first-order valence-corrected chi connectivity index (χ1v) is 8.65. The summed E-state index contributed by atoms with van der Waals surface area (Å²) >= 11 is 0. The average molecular weight is 336 g/mol. The highest BCUT2D eigenvalue weighted by Crippen LogP contribution is 2.41. The molecule has 4 heterocycles. The smallest absolute Gasteiger partial charge is 0.287 e. The molecular weight excluding hydrogens is 308 g/mol.